The molecule has 0 aromatic carbocycles. The van der Waals surface area contributed by atoms with Crippen LogP contribution in [0.4, 0.5) is 0 Å². The molecule has 1 atom stereocenters. The molecule has 3 N–H and O–H groups in total. The van der Waals surface area contributed by atoms with E-state index < -0.39 is 36.2 Å². The van der Waals surface area contributed by atoms with Gasteiger partial charge in [0, 0.05) is 12.3 Å². The molecule has 7 nitrogen and oxygen atoms in total. The van der Waals surface area contributed by atoms with Gasteiger partial charge >= 0.3 is 17.9 Å². The van der Waals surface area contributed by atoms with Crippen molar-refractivity contribution in [1.82, 2.24) is 0 Å². The number of carbonyl (C=O) groups is 3. The van der Waals surface area contributed by atoms with E-state index in [0.29, 0.717) is 12.8 Å². The highest BCUT2D eigenvalue weighted by Gasteiger charge is 2.44. The van der Waals surface area contributed by atoms with Crippen LogP contribution in [-0.2, 0) is 23.9 Å². The molecule has 1 saturated carbocycles. The van der Waals surface area contributed by atoms with Gasteiger partial charge in [-0.2, -0.15) is 0 Å². The SMILES string of the molecule is CC(=O)OCOC(=O)C(N)C1(CC(=O)O)CCCCC1. The molecule has 0 bridgehead atoms. The van der Waals surface area contributed by atoms with E-state index in [1.807, 2.05) is 0 Å². The molecule has 0 heterocycles. The number of carboxylic acids is 1. The van der Waals surface area contributed by atoms with Gasteiger partial charge in [0.25, 0.3) is 0 Å². The van der Waals surface area contributed by atoms with Crippen molar-refractivity contribution >= 4 is 17.9 Å². The third-order valence-electron chi connectivity index (χ3n) is 3.73. The Labute approximate surface area is 117 Å². The molecule has 1 aliphatic carbocycles. The van der Waals surface area contributed by atoms with Crippen molar-refractivity contribution in [2.75, 3.05) is 6.79 Å². The van der Waals surface area contributed by atoms with Gasteiger partial charge in [0.05, 0.1) is 6.42 Å². The quantitative estimate of drug-likeness (QED) is 0.548. The summed E-state index contributed by atoms with van der Waals surface area (Å²) >= 11 is 0. The molecule has 0 aliphatic heterocycles. The van der Waals surface area contributed by atoms with E-state index in [2.05, 4.69) is 4.74 Å². The molecule has 1 aliphatic rings. The normalized spacial score (nSPS) is 18.9. The Kier molecular flexibility index (Phi) is 5.94. The summed E-state index contributed by atoms with van der Waals surface area (Å²) in [6.45, 7) is 0.700. The van der Waals surface area contributed by atoms with E-state index in [-0.39, 0.29) is 6.42 Å². The number of carboxylic acid groups (broad SMARTS) is 1. The van der Waals surface area contributed by atoms with Crippen molar-refractivity contribution < 1.29 is 29.0 Å². The third-order valence-corrected chi connectivity index (χ3v) is 3.73. The van der Waals surface area contributed by atoms with E-state index in [0.717, 1.165) is 19.3 Å². The van der Waals surface area contributed by atoms with Crippen molar-refractivity contribution in [3.63, 3.8) is 0 Å². The minimum Gasteiger partial charge on any atom is -0.481 e. The molecule has 0 spiro atoms. The fourth-order valence-electron chi connectivity index (χ4n) is 2.67. The monoisotopic (exact) mass is 287 g/mol. The average Bonchev–Trinajstić information content (AvgIpc) is 2.37. The lowest BCUT2D eigenvalue weighted by Gasteiger charge is -2.39. The molecule has 0 amide bonds. The summed E-state index contributed by atoms with van der Waals surface area (Å²) in [4.78, 5) is 33.5. The van der Waals surface area contributed by atoms with Gasteiger partial charge in [-0.25, -0.2) is 0 Å². The Hall–Kier alpha value is -1.63. The van der Waals surface area contributed by atoms with Crippen LogP contribution in [0.15, 0.2) is 0 Å². The first-order valence-corrected chi connectivity index (χ1v) is 6.65. The van der Waals surface area contributed by atoms with Crippen LogP contribution >= 0.6 is 0 Å². The van der Waals surface area contributed by atoms with Crippen molar-refractivity contribution in [2.24, 2.45) is 11.1 Å². The fourth-order valence-corrected chi connectivity index (χ4v) is 2.67. The maximum Gasteiger partial charge on any atom is 0.326 e. The number of aliphatic carboxylic acids is 1. The lowest BCUT2D eigenvalue weighted by molar-refractivity contribution is -0.169. The number of hydrogen-bond acceptors (Lipinski definition) is 6. The highest BCUT2D eigenvalue weighted by Crippen LogP contribution is 2.42. The minimum atomic E-state index is -1.02. The lowest BCUT2D eigenvalue weighted by atomic mass is 9.67. The highest BCUT2D eigenvalue weighted by molar-refractivity contribution is 5.78. The van der Waals surface area contributed by atoms with Crippen molar-refractivity contribution in [2.45, 2.75) is 51.5 Å². The minimum absolute atomic E-state index is 0.156. The first-order valence-electron chi connectivity index (χ1n) is 6.65. The van der Waals surface area contributed by atoms with Crippen LogP contribution in [0.1, 0.15) is 45.4 Å². The van der Waals surface area contributed by atoms with Crippen LogP contribution in [0.25, 0.3) is 0 Å². The van der Waals surface area contributed by atoms with E-state index in [4.69, 9.17) is 15.6 Å². The predicted molar refractivity (Wildman–Crippen MR) is 68.5 cm³/mol. The summed E-state index contributed by atoms with van der Waals surface area (Å²) in [5, 5.41) is 9.03. The second-order valence-corrected chi connectivity index (χ2v) is 5.19. The van der Waals surface area contributed by atoms with E-state index >= 15 is 0 Å². The van der Waals surface area contributed by atoms with Gasteiger partial charge in [-0.1, -0.05) is 19.3 Å². The Morgan fingerprint density at radius 2 is 1.80 bits per heavy atom. The summed E-state index contributed by atoms with van der Waals surface area (Å²) in [7, 11) is 0. The molecule has 1 fully saturated rings. The Morgan fingerprint density at radius 3 is 2.30 bits per heavy atom. The number of rotatable bonds is 6. The van der Waals surface area contributed by atoms with Gasteiger partial charge in [0.1, 0.15) is 6.04 Å². The van der Waals surface area contributed by atoms with E-state index in [9.17, 15) is 14.4 Å². The standard InChI is InChI=1S/C13H21NO6/c1-9(15)19-8-20-12(18)11(14)13(7-10(16)17)5-3-2-4-6-13/h11H,2-8,14H2,1H3,(H,16,17). The summed E-state index contributed by atoms with van der Waals surface area (Å²) in [6, 6.07) is -1.02. The summed E-state index contributed by atoms with van der Waals surface area (Å²) < 4.78 is 9.28. The molecule has 0 aromatic rings. The highest BCUT2D eigenvalue weighted by atomic mass is 16.7. The number of esters is 2. The second kappa shape index (κ2) is 7.23. The number of ether oxygens (including phenoxy) is 2. The van der Waals surface area contributed by atoms with Crippen LogP contribution in [0.3, 0.4) is 0 Å². The number of carbonyl (C=O) groups excluding carboxylic acids is 2. The maximum atomic E-state index is 11.9. The molecule has 114 valence electrons. The largest absolute Gasteiger partial charge is 0.481 e. The third kappa shape index (κ3) is 4.48. The van der Waals surface area contributed by atoms with Crippen LogP contribution in [0, 0.1) is 5.41 Å². The average molecular weight is 287 g/mol. The zero-order valence-electron chi connectivity index (χ0n) is 11.6. The number of nitrogens with two attached hydrogens (primary N) is 1. The molecular formula is C13H21NO6. The summed E-state index contributed by atoms with van der Waals surface area (Å²) in [5.41, 5.74) is 5.15. The molecule has 20 heavy (non-hydrogen) atoms. The van der Waals surface area contributed by atoms with E-state index in [1.165, 1.54) is 6.92 Å². The lowest BCUT2D eigenvalue weighted by Crippen LogP contribution is -2.50. The van der Waals surface area contributed by atoms with Crippen LogP contribution in [-0.4, -0.2) is 35.8 Å². The van der Waals surface area contributed by atoms with E-state index in [1.54, 1.807) is 0 Å². The molecule has 7 heteroatoms. The van der Waals surface area contributed by atoms with Crippen LogP contribution in [0.2, 0.25) is 0 Å². The maximum absolute atomic E-state index is 11.9. The predicted octanol–water partition coefficient (Wildman–Crippen LogP) is 0.803. The zero-order valence-corrected chi connectivity index (χ0v) is 11.6. The van der Waals surface area contributed by atoms with Crippen LogP contribution < -0.4 is 5.73 Å². The first-order chi connectivity index (χ1) is 9.37. The van der Waals surface area contributed by atoms with Crippen LogP contribution in [0.5, 0.6) is 0 Å². The van der Waals surface area contributed by atoms with Gasteiger partial charge < -0.3 is 20.3 Å². The van der Waals surface area contributed by atoms with Gasteiger partial charge in [0.2, 0.25) is 6.79 Å². The molecule has 0 saturated heterocycles. The smallest absolute Gasteiger partial charge is 0.326 e. The molecule has 1 unspecified atom stereocenters. The molecule has 0 aromatic heterocycles. The zero-order chi connectivity index (χ0) is 15.2. The van der Waals surface area contributed by atoms with Crippen molar-refractivity contribution in [3.8, 4) is 0 Å². The van der Waals surface area contributed by atoms with Gasteiger partial charge in [-0.05, 0) is 12.8 Å². The summed E-state index contributed by atoms with van der Waals surface area (Å²) in [5.74, 6) is -2.27. The van der Waals surface area contributed by atoms with Crippen molar-refractivity contribution in [3.05, 3.63) is 0 Å². The molecular weight excluding hydrogens is 266 g/mol. The summed E-state index contributed by atoms with van der Waals surface area (Å²) in [6.07, 6.45) is 3.72. The fraction of sp³-hybridized carbons (Fsp3) is 0.769. The Morgan fingerprint density at radius 1 is 1.20 bits per heavy atom. The Balaban J connectivity index is 2.66. The van der Waals surface area contributed by atoms with Gasteiger partial charge in [-0.3, -0.25) is 14.4 Å². The number of hydrogen-bond donors (Lipinski definition) is 2. The molecule has 1 rings (SSSR count). The van der Waals surface area contributed by atoms with Crippen molar-refractivity contribution in [1.29, 1.82) is 0 Å². The topological polar surface area (TPSA) is 116 Å². The Bertz CT molecular complexity index is 375. The van der Waals surface area contributed by atoms with Gasteiger partial charge in [0.15, 0.2) is 0 Å². The van der Waals surface area contributed by atoms with Gasteiger partial charge in [-0.15, -0.1) is 0 Å². The molecule has 0 radical (unpaired) electrons. The first kappa shape index (κ1) is 16.4. The second-order valence-electron chi connectivity index (χ2n) is 5.19.